The maximum atomic E-state index is 13.4. The molecular formula is C26H36N4O4S. The smallest absolute Gasteiger partial charge is 0.246 e. The van der Waals surface area contributed by atoms with Gasteiger partial charge in [-0.1, -0.05) is 52.0 Å². The van der Waals surface area contributed by atoms with Gasteiger partial charge in [0, 0.05) is 19.9 Å². The van der Waals surface area contributed by atoms with E-state index in [1.54, 1.807) is 11.3 Å². The maximum Gasteiger partial charge on any atom is 0.246 e. The molecule has 1 saturated heterocycles. The lowest BCUT2D eigenvalue weighted by molar-refractivity contribution is -0.144. The van der Waals surface area contributed by atoms with Gasteiger partial charge in [0.25, 0.3) is 0 Å². The Hall–Kier alpha value is -2.78. The first-order valence-corrected chi connectivity index (χ1v) is 12.9. The van der Waals surface area contributed by atoms with Gasteiger partial charge in [0.2, 0.25) is 17.7 Å². The molecule has 2 aromatic rings. The Kier molecular flexibility index (Phi) is 8.33. The summed E-state index contributed by atoms with van der Waals surface area (Å²) in [6.07, 6.45) is 0.0357. The number of aliphatic hydroxyl groups excluding tert-OH is 1. The molecule has 9 heteroatoms. The fourth-order valence-electron chi connectivity index (χ4n) is 4.46. The van der Waals surface area contributed by atoms with Crippen LogP contribution in [0, 0.1) is 12.3 Å². The molecule has 0 bridgehead atoms. The number of carbonyl (C=O) groups excluding carboxylic acids is 3. The van der Waals surface area contributed by atoms with Crippen molar-refractivity contribution < 1.29 is 19.5 Å². The zero-order valence-electron chi connectivity index (χ0n) is 21.3. The molecule has 1 aliphatic heterocycles. The van der Waals surface area contributed by atoms with Crippen LogP contribution in [0.25, 0.3) is 10.4 Å². The topological polar surface area (TPSA) is 112 Å². The zero-order chi connectivity index (χ0) is 25.9. The minimum Gasteiger partial charge on any atom is -0.391 e. The van der Waals surface area contributed by atoms with Gasteiger partial charge in [-0.05, 0) is 29.9 Å². The number of hydrogen-bond acceptors (Lipinski definition) is 6. The van der Waals surface area contributed by atoms with E-state index in [-0.39, 0.29) is 36.7 Å². The fourth-order valence-corrected chi connectivity index (χ4v) is 5.27. The molecule has 4 atom stereocenters. The van der Waals surface area contributed by atoms with Crippen LogP contribution in [-0.4, -0.2) is 57.4 Å². The molecule has 0 saturated carbocycles. The molecule has 8 nitrogen and oxygen atoms in total. The van der Waals surface area contributed by atoms with Gasteiger partial charge in [-0.2, -0.15) is 0 Å². The summed E-state index contributed by atoms with van der Waals surface area (Å²) in [6, 6.07) is 6.23. The molecule has 3 rings (SSSR count). The molecule has 0 spiro atoms. The molecule has 2 heterocycles. The lowest BCUT2D eigenvalue weighted by atomic mass is 9.85. The van der Waals surface area contributed by atoms with Crippen molar-refractivity contribution in [3.8, 4) is 10.4 Å². The van der Waals surface area contributed by atoms with E-state index < -0.39 is 23.6 Å². The van der Waals surface area contributed by atoms with Crippen molar-refractivity contribution in [2.75, 3.05) is 6.54 Å². The summed E-state index contributed by atoms with van der Waals surface area (Å²) in [7, 11) is 0. The van der Waals surface area contributed by atoms with Gasteiger partial charge < -0.3 is 20.6 Å². The number of likely N-dealkylation sites (tertiary alicyclic amines) is 1. The van der Waals surface area contributed by atoms with E-state index in [4.69, 9.17) is 0 Å². The number of aryl methyl sites for hydroxylation is 1. The number of aromatic nitrogens is 1. The molecule has 35 heavy (non-hydrogen) atoms. The number of aliphatic hydroxyl groups is 1. The van der Waals surface area contributed by atoms with Crippen LogP contribution in [0.15, 0.2) is 29.8 Å². The Labute approximate surface area is 211 Å². The highest BCUT2D eigenvalue weighted by Crippen LogP contribution is 2.30. The van der Waals surface area contributed by atoms with Crippen LogP contribution in [0.5, 0.6) is 0 Å². The van der Waals surface area contributed by atoms with Gasteiger partial charge >= 0.3 is 0 Å². The Morgan fingerprint density at radius 3 is 2.37 bits per heavy atom. The van der Waals surface area contributed by atoms with E-state index >= 15 is 0 Å². The van der Waals surface area contributed by atoms with Crippen molar-refractivity contribution in [3.63, 3.8) is 0 Å². The Morgan fingerprint density at radius 1 is 1.20 bits per heavy atom. The highest BCUT2D eigenvalue weighted by atomic mass is 32.1. The number of carbonyl (C=O) groups is 3. The minimum atomic E-state index is -0.802. The predicted molar refractivity (Wildman–Crippen MR) is 137 cm³/mol. The number of nitrogens with one attached hydrogen (secondary N) is 2. The lowest BCUT2D eigenvalue weighted by Crippen LogP contribution is -2.57. The number of β-amino-alcohol motifs (C(OH)–C–C–N with tert-alkyl or cyclic N) is 1. The van der Waals surface area contributed by atoms with Crippen molar-refractivity contribution in [2.45, 2.75) is 78.6 Å². The number of benzene rings is 1. The van der Waals surface area contributed by atoms with Gasteiger partial charge in [-0.3, -0.25) is 14.4 Å². The quantitative estimate of drug-likeness (QED) is 0.541. The summed E-state index contributed by atoms with van der Waals surface area (Å²) in [5, 5.41) is 16.1. The van der Waals surface area contributed by atoms with Gasteiger partial charge in [-0.15, -0.1) is 11.3 Å². The molecule has 3 N–H and O–H groups in total. The third kappa shape index (κ3) is 6.27. The van der Waals surface area contributed by atoms with Crippen LogP contribution in [0.2, 0.25) is 0 Å². The molecule has 3 amide bonds. The SMILES string of the molecule is CC[C@H](NC(=O)[C@@H]1C[C@@H](O)CN1C(=O)[C@@H](NC(C)=O)C(C)(C)C)c1ccc(-c2scnc2C)cc1. The minimum absolute atomic E-state index is 0.0583. The molecule has 1 fully saturated rings. The molecule has 0 radical (unpaired) electrons. The van der Waals surface area contributed by atoms with Gasteiger partial charge in [0.05, 0.1) is 28.2 Å². The molecule has 1 aromatic heterocycles. The number of hydrogen-bond donors (Lipinski definition) is 3. The third-order valence-corrected chi connectivity index (χ3v) is 7.35. The molecule has 190 valence electrons. The predicted octanol–water partition coefficient (Wildman–Crippen LogP) is 3.20. The zero-order valence-corrected chi connectivity index (χ0v) is 22.1. The summed E-state index contributed by atoms with van der Waals surface area (Å²) in [6.45, 7) is 11.0. The van der Waals surface area contributed by atoms with Gasteiger partial charge in [0.15, 0.2) is 0 Å². The van der Waals surface area contributed by atoms with Crippen molar-refractivity contribution in [1.29, 1.82) is 0 Å². The summed E-state index contributed by atoms with van der Waals surface area (Å²) < 4.78 is 0. The summed E-state index contributed by atoms with van der Waals surface area (Å²) >= 11 is 1.59. The summed E-state index contributed by atoms with van der Waals surface area (Å²) in [5.41, 5.74) is 4.31. The highest BCUT2D eigenvalue weighted by molar-refractivity contribution is 7.13. The van der Waals surface area contributed by atoms with Gasteiger partial charge in [0.1, 0.15) is 12.1 Å². The largest absolute Gasteiger partial charge is 0.391 e. The van der Waals surface area contributed by atoms with Crippen molar-refractivity contribution >= 4 is 29.1 Å². The van der Waals surface area contributed by atoms with E-state index in [1.807, 2.05) is 64.4 Å². The first kappa shape index (κ1) is 26.8. The van der Waals surface area contributed by atoms with E-state index in [0.717, 1.165) is 21.7 Å². The van der Waals surface area contributed by atoms with Crippen LogP contribution >= 0.6 is 11.3 Å². The number of rotatable bonds is 7. The number of nitrogens with zero attached hydrogens (tertiary/aromatic N) is 2. The van der Waals surface area contributed by atoms with Crippen molar-refractivity contribution in [2.24, 2.45) is 5.41 Å². The second-order valence-corrected chi connectivity index (χ2v) is 11.1. The molecule has 1 aliphatic rings. The molecular weight excluding hydrogens is 464 g/mol. The Morgan fingerprint density at radius 2 is 1.86 bits per heavy atom. The van der Waals surface area contributed by atoms with Crippen LogP contribution in [0.3, 0.4) is 0 Å². The Balaban J connectivity index is 1.76. The van der Waals surface area contributed by atoms with Crippen LogP contribution < -0.4 is 10.6 Å². The van der Waals surface area contributed by atoms with Crippen molar-refractivity contribution in [3.05, 3.63) is 41.0 Å². The summed E-state index contributed by atoms with van der Waals surface area (Å²) in [4.78, 5) is 45.3. The van der Waals surface area contributed by atoms with E-state index in [2.05, 4.69) is 15.6 Å². The first-order valence-electron chi connectivity index (χ1n) is 12.0. The fraction of sp³-hybridized carbons (Fsp3) is 0.538. The Bertz CT molecular complexity index is 1060. The maximum absolute atomic E-state index is 13.4. The second kappa shape index (κ2) is 10.9. The normalized spacial score (nSPS) is 19.8. The molecule has 0 aliphatic carbocycles. The second-order valence-electron chi connectivity index (χ2n) is 10.3. The standard InChI is InChI=1S/C26H36N4O4S/c1-7-20(17-8-10-18(11-9-17)22-15(2)27-14-35-22)29-24(33)21-12-19(32)13-30(21)25(34)23(26(4,5)6)28-16(3)31/h8-11,14,19-21,23,32H,7,12-13H2,1-6H3,(H,28,31)(H,29,33)/t19-,20+,21+,23-/m1/s1. The average Bonchev–Trinajstić information content (AvgIpc) is 3.40. The average molecular weight is 501 g/mol. The number of thiazole rings is 1. The number of amides is 3. The monoisotopic (exact) mass is 500 g/mol. The molecule has 0 unspecified atom stereocenters. The van der Waals surface area contributed by atoms with Crippen LogP contribution in [0.1, 0.15) is 64.8 Å². The van der Waals surface area contributed by atoms with E-state index in [1.165, 1.54) is 11.8 Å². The van der Waals surface area contributed by atoms with Crippen LogP contribution in [0.4, 0.5) is 0 Å². The first-order chi connectivity index (χ1) is 16.4. The van der Waals surface area contributed by atoms with Gasteiger partial charge in [-0.25, -0.2) is 4.98 Å². The highest BCUT2D eigenvalue weighted by Gasteiger charge is 2.44. The van der Waals surface area contributed by atoms with Crippen LogP contribution in [-0.2, 0) is 14.4 Å². The molecule has 1 aromatic carbocycles. The third-order valence-electron chi connectivity index (χ3n) is 6.37. The van der Waals surface area contributed by atoms with E-state index in [0.29, 0.717) is 6.42 Å². The summed E-state index contributed by atoms with van der Waals surface area (Å²) in [5.74, 6) is -0.983. The van der Waals surface area contributed by atoms with Crippen molar-refractivity contribution in [1.82, 2.24) is 20.5 Å². The lowest BCUT2D eigenvalue weighted by Gasteiger charge is -2.35. The van der Waals surface area contributed by atoms with E-state index in [9.17, 15) is 19.5 Å².